The minimum absolute atomic E-state index is 0.113. The van der Waals surface area contributed by atoms with Gasteiger partial charge in [0.05, 0.1) is 10.8 Å². The highest BCUT2D eigenvalue weighted by molar-refractivity contribution is 8.02. The SMILES string of the molecule is C=C(NC(=O)CS)SC. The van der Waals surface area contributed by atoms with E-state index < -0.39 is 0 Å². The molecule has 0 aromatic heterocycles. The standard InChI is InChI=1S/C5H9NOS2/c1-4(9-2)6-5(7)3-8/h8H,1,3H2,2H3,(H,6,7). The molecule has 0 aliphatic heterocycles. The number of thiol groups is 1. The van der Waals surface area contributed by atoms with E-state index in [1.165, 1.54) is 11.8 Å². The fourth-order valence-electron chi connectivity index (χ4n) is 0.246. The molecule has 4 heteroatoms. The summed E-state index contributed by atoms with van der Waals surface area (Å²) in [6.45, 7) is 3.56. The van der Waals surface area contributed by atoms with Crippen molar-refractivity contribution in [2.45, 2.75) is 0 Å². The average molecular weight is 163 g/mol. The van der Waals surface area contributed by atoms with Crippen molar-refractivity contribution in [3.05, 3.63) is 11.6 Å². The lowest BCUT2D eigenvalue weighted by atomic mass is 10.7. The second-order valence-electron chi connectivity index (χ2n) is 1.33. The number of hydrogen-bond donors (Lipinski definition) is 2. The van der Waals surface area contributed by atoms with Gasteiger partial charge < -0.3 is 5.32 Å². The number of thioether (sulfide) groups is 1. The maximum atomic E-state index is 10.5. The van der Waals surface area contributed by atoms with Crippen LogP contribution in [0.2, 0.25) is 0 Å². The van der Waals surface area contributed by atoms with Crippen LogP contribution >= 0.6 is 24.4 Å². The van der Waals surface area contributed by atoms with Crippen molar-refractivity contribution in [2.75, 3.05) is 12.0 Å². The summed E-state index contributed by atoms with van der Waals surface area (Å²) in [6, 6.07) is 0. The van der Waals surface area contributed by atoms with E-state index in [9.17, 15) is 4.79 Å². The van der Waals surface area contributed by atoms with Gasteiger partial charge in [0.2, 0.25) is 5.91 Å². The zero-order valence-corrected chi connectivity index (χ0v) is 6.89. The molecule has 9 heavy (non-hydrogen) atoms. The van der Waals surface area contributed by atoms with E-state index in [1.807, 2.05) is 6.26 Å². The number of rotatable bonds is 3. The molecule has 0 saturated heterocycles. The van der Waals surface area contributed by atoms with Crippen LogP contribution in [0.3, 0.4) is 0 Å². The van der Waals surface area contributed by atoms with Gasteiger partial charge in [-0.25, -0.2) is 0 Å². The molecular weight excluding hydrogens is 154 g/mol. The number of carbonyl (C=O) groups excluding carboxylic acids is 1. The molecule has 0 aromatic rings. The second kappa shape index (κ2) is 4.76. The summed E-state index contributed by atoms with van der Waals surface area (Å²) in [5, 5.41) is 3.19. The zero-order valence-electron chi connectivity index (χ0n) is 5.18. The van der Waals surface area contributed by atoms with E-state index in [0.29, 0.717) is 5.03 Å². The Labute approximate surface area is 64.5 Å². The monoisotopic (exact) mass is 163 g/mol. The zero-order chi connectivity index (χ0) is 7.28. The molecule has 0 fully saturated rings. The van der Waals surface area contributed by atoms with E-state index in [0.717, 1.165) is 0 Å². The fraction of sp³-hybridized carbons (Fsp3) is 0.400. The van der Waals surface area contributed by atoms with Crippen LogP contribution in [0.4, 0.5) is 0 Å². The quantitative estimate of drug-likeness (QED) is 0.604. The molecule has 0 aromatic carbocycles. The molecule has 0 bridgehead atoms. The Kier molecular flexibility index (Phi) is 4.71. The molecule has 0 aliphatic rings. The second-order valence-corrected chi connectivity index (χ2v) is 2.55. The smallest absolute Gasteiger partial charge is 0.234 e. The topological polar surface area (TPSA) is 29.1 Å². The third kappa shape index (κ3) is 4.42. The first kappa shape index (κ1) is 8.91. The highest BCUT2D eigenvalue weighted by Crippen LogP contribution is 2.02. The molecular formula is C5H9NOS2. The highest BCUT2D eigenvalue weighted by atomic mass is 32.2. The Balaban J connectivity index is 3.47. The van der Waals surface area contributed by atoms with Gasteiger partial charge in [-0.2, -0.15) is 12.6 Å². The first-order chi connectivity index (χ1) is 4.20. The molecule has 2 nitrogen and oxygen atoms in total. The van der Waals surface area contributed by atoms with Crippen LogP contribution in [-0.4, -0.2) is 17.9 Å². The third-order valence-electron chi connectivity index (χ3n) is 0.669. The van der Waals surface area contributed by atoms with Gasteiger partial charge in [-0.05, 0) is 6.26 Å². The van der Waals surface area contributed by atoms with Crippen LogP contribution in [0.1, 0.15) is 0 Å². The molecule has 0 atom stereocenters. The van der Waals surface area contributed by atoms with Crippen molar-refractivity contribution in [1.82, 2.24) is 5.32 Å². The summed E-state index contributed by atoms with van der Waals surface area (Å²) >= 11 is 5.17. The summed E-state index contributed by atoms with van der Waals surface area (Å²) in [5.74, 6) is 0.0947. The van der Waals surface area contributed by atoms with Crippen molar-refractivity contribution >= 4 is 30.3 Å². The summed E-state index contributed by atoms with van der Waals surface area (Å²) in [4.78, 5) is 10.5. The maximum absolute atomic E-state index is 10.5. The van der Waals surface area contributed by atoms with E-state index in [2.05, 4.69) is 24.5 Å². The van der Waals surface area contributed by atoms with Gasteiger partial charge in [0.15, 0.2) is 0 Å². The van der Waals surface area contributed by atoms with Crippen molar-refractivity contribution in [3.8, 4) is 0 Å². The van der Waals surface area contributed by atoms with E-state index in [-0.39, 0.29) is 11.7 Å². The molecule has 0 aliphatic carbocycles. The minimum atomic E-state index is -0.113. The largest absolute Gasteiger partial charge is 0.320 e. The number of nitrogens with one attached hydrogen (secondary N) is 1. The lowest BCUT2D eigenvalue weighted by molar-refractivity contribution is -0.117. The summed E-state index contributed by atoms with van der Waals surface area (Å²) in [5.41, 5.74) is 0. The Hall–Kier alpha value is -0.0900. The normalized spacial score (nSPS) is 8.67. The molecule has 1 N–H and O–H groups in total. The van der Waals surface area contributed by atoms with Gasteiger partial charge in [0, 0.05) is 0 Å². The van der Waals surface area contributed by atoms with Crippen LogP contribution in [0, 0.1) is 0 Å². The van der Waals surface area contributed by atoms with Crippen LogP contribution in [0.5, 0.6) is 0 Å². The predicted molar refractivity (Wildman–Crippen MR) is 44.7 cm³/mol. The van der Waals surface area contributed by atoms with Gasteiger partial charge in [-0.1, -0.05) is 6.58 Å². The van der Waals surface area contributed by atoms with Crippen molar-refractivity contribution in [2.24, 2.45) is 0 Å². The van der Waals surface area contributed by atoms with Gasteiger partial charge in [-0.15, -0.1) is 11.8 Å². The van der Waals surface area contributed by atoms with Crippen molar-refractivity contribution < 1.29 is 4.79 Å². The first-order valence-corrected chi connectivity index (χ1v) is 4.20. The van der Waals surface area contributed by atoms with Gasteiger partial charge in [0.1, 0.15) is 0 Å². The Morgan fingerprint density at radius 1 is 1.89 bits per heavy atom. The van der Waals surface area contributed by atoms with Crippen molar-refractivity contribution in [1.29, 1.82) is 0 Å². The van der Waals surface area contributed by atoms with Gasteiger partial charge >= 0.3 is 0 Å². The maximum Gasteiger partial charge on any atom is 0.234 e. The molecule has 0 spiro atoms. The lowest BCUT2D eigenvalue weighted by Gasteiger charge is -2.00. The van der Waals surface area contributed by atoms with E-state index in [4.69, 9.17) is 0 Å². The Morgan fingerprint density at radius 2 is 2.44 bits per heavy atom. The highest BCUT2D eigenvalue weighted by Gasteiger charge is 1.96. The predicted octanol–water partition coefficient (Wildman–Crippen LogP) is 0.867. The Bertz CT molecular complexity index is 110. The fourth-order valence-corrected chi connectivity index (χ4v) is 0.541. The van der Waals surface area contributed by atoms with Crippen LogP contribution in [0.15, 0.2) is 11.6 Å². The summed E-state index contributed by atoms with van der Waals surface area (Å²) in [6.07, 6.45) is 1.85. The van der Waals surface area contributed by atoms with Crippen LogP contribution in [0.25, 0.3) is 0 Å². The lowest BCUT2D eigenvalue weighted by Crippen LogP contribution is -2.21. The van der Waals surface area contributed by atoms with E-state index >= 15 is 0 Å². The molecule has 0 heterocycles. The molecule has 0 saturated carbocycles. The third-order valence-corrected chi connectivity index (χ3v) is 1.55. The Morgan fingerprint density at radius 3 is 2.78 bits per heavy atom. The number of carbonyl (C=O) groups is 1. The van der Waals surface area contributed by atoms with Gasteiger partial charge in [0.25, 0.3) is 0 Å². The molecule has 0 radical (unpaired) electrons. The van der Waals surface area contributed by atoms with Crippen molar-refractivity contribution in [3.63, 3.8) is 0 Å². The molecule has 1 amide bonds. The average Bonchev–Trinajstić information content (AvgIpc) is 1.87. The summed E-state index contributed by atoms with van der Waals surface area (Å²) < 4.78 is 0. The number of amides is 1. The van der Waals surface area contributed by atoms with Crippen LogP contribution in [-0.2, 0) is 4.79 Å². The van der Waals surface area contributed by atoms with E-state index in [1.54, 1.807) is 0 Å². The molecule has 52 valence electrons. The molecule has 0 unspecified atom stereocenters. The summed E-state index contributed by atoms with van der Waals surface area (Å²) in [7, 11) is 0. The minimum Gasteiger partial charge on any atom is -0.320 e. The number of hydrogen-bond acceptors (Lipinski definition) is 3. The van der Waals surface area contributed by atoms with Crippen LogP contribution < -0.4 is 5.32 Å². The first-order valence-electron chi connectivity index (χ1n) is 2.34. The van der Waals surface area contributed by atoms with Gasteiger partial charge in [-0.3, -0.25) is 4.79 Å². The molecule has 0 rings (SSSR count).